The van der Waals surface area contributed by atoms with E-state index in [2.05, 4.69) is 74.1 Å². The Morgan fingerprint density at radius 1 is 0.917 bits per heavy atom. The summed E-state index contributed by atoms with van der Waals surface area (Å²) in [5.74, 6) is 0. The number of fused-ring (bicyclic) bond motifs is 1. The minimum absolute atomic E-state index is 0.323. The zero-order valence-corrected chi connectivity index (χ0v) is 14.5. The van der Waals surface area contributed by atoms with Gasteiger partial charge in [-0.1, -0.05) is 30.3 Å². The third-order valence-electron chi connectivity index (χ3n) is 5.18. The lowest BCUT2D eigenvalue weighted by Crippen LogP contribution is -2.41. The molecule has 1 fully saturated rings. The molecule has 4 rings (SSSR count). The van der Waals surface area contributed by atoms with Crippen molar-refractivity contribution in [2.45, 2.75) is 38.9 Å². The van der Waals surface area contributed by atoms with E-state index in [9.17, 15) is 0 Å². The molecule has 0 radical (unpaired) electrons. The summed E-state index contributed by atoms with van der Waals surface area (Å²) in [5, 5.41) is 2.34. The summed E-state index contributed by atoms with van der Waals surface area (Å²) >= 11 is 0. The molecule has 1 aromatic heterocycles. The van der Waals surface area contributed by atoms with Crippen LogP contribution in [0.15, 0.2) is 48.9 Å². The Hall–Kier alpha value is -2.11. The number of H-pyrrole nitrogens is 1. The Morgan fingerprint density at radius 2 is 1.58 bits per heavy atom. The molecule has 0 aliphatic carbocycles. The molecule has 2 aromatic carbocycles. The van der Waals surface area contributed by atoms with Crippen LogP contribution in [0.2, 0.25) is 0 Å². The molecule has 4 nitrogen and oxygen atoms in total. The van der Waals surface area contributed by atoms with Gasteiger partial charge in [0.15, 0.2) is 0 Å². The normalized spacial score (nSPS) is 19.1. The van der Waals surface area contributed by atoms with Gasteiger partial charge in [-0.3, -0.25) is 0 Å². The van der Waals surface area contributed by atoms with Crippen LogP contribution in [0.5, 0.6) is 0 Å². The maximum absolute atomic E-state index is 6.15. The number of nitrogens with one attached hydrogen (secondary N) is 1. The van der Waals surface area contributed by atoms with Gasteiger partial charge in [0.05, 0.1) is 23.2 Å². The number of hydrogen-bond donors (Lipinski definition) is 1. The second kappa shape index (κ2) is 5.20. The first-order chi connectivity index (χ1) is 11.4. The Kier molecular flexibility index (Phi) is 3.34. The van der Waals surface area contributed by atoms with Crippen LogP contribution in [0.1, 0.15) is 27.7 Å². The third-order valence-corrected chi connectivity index (χ3v) is 5.18. The maximum Gasteiger partial charge on any atom is 0.494 e. The molecule has 0 atom stereocenters. The minimum Gasteiger partial charge on any atom is -0.399 e. The highest BCUT2D eigenvalue weighted by Gasteiger charge is 2.51. The highest BCUT2D eigenvalue weighted by atomic mass is 16.7. The maximum atomic E-state index is 6.15. The van der Waals surface area contributed by atoms with E-state index in [1.807, 2.05) is 6.20 Å². The fourth-order valence-electron chi connectivity index (χ4n) is 2.97. The summed E-state index contributed by atoms with van der Waals surface area (Å²) in [4.78, 5) is 7.30. The minimum atomic E-state index is -0.328. The molecule has 1 aliphatic heterocycles. The topological polar surface area (TPSA) is 47.1 Å². The number of hydrogen-bond acceptors (Lipinski definition) is 3. The van der Waals surface area contributed by atoms with Gasteiger partial charge >= 0.3 is 7.12 Å². The molecule has 0 saturated carbocycles. The molecule has 0 bridgehead atoms. The number of imidazole rings is 1. The average Bonchev–Trinajstić information content (AvgIpc) is 3.13. The van der Waals surface area contributed by atoms with Crippen molar-refractivity contribution >= 4 is 23.4 Å². The lowest BCUT2D eigenvalue weighted by molar-refractivity contribution is 0.00578. The molecule has 122 valence electrons. The second-order valence-corrected chi connectivity index (χ2v) is 7.36. The van der Waals surface area contributed by atoms with Crippen molar-refractivity contribution in [3.63, 3.8) is 0 Å². The Bertz CT molecular complexity index is 872. The van der Waals surface area contributed by atoms with E-state index in [0.29, 0.717) is 0 Å². The highest BCUT2D eigenvalue weighted by molar-refractivity contribution is 6.62. The van der Waals surface area contributed by atoms with Crippen LogP contribution >= 0.6 is 0 Å². The van der Waals surface area contributed by atoms with Crippen molar-refractivity contribution in [2.75, 3.05) is 0 Å². The van der Waals surface area contributed by atoms with Crippen LogP contribution in [0.25, 0.3) is 22.0 Å². The van der Waals surface area contributed by atoms with Crippen molar-refractivity contribution in [1.82, 2.24) is 9.97 Å². The van der Waals surface area contributed by atoms with Crippen molar-refractivity contribution in [1.29, 1.82) is 0 Å². The summed E-state index contributed by atoms with van der Waals surface area (Å²) in [6.07, 6.45) is 3.60. The van der Waals surface area contributed by atoms with Crippen LogP contribution < -0.4 is 5.46 Å². The lowest BCUT2D eigenvalue weighted by Gasteiger charge is -2.32. The van der Waals surface area contributed by atoms with E-state index in [0.717, 1.165) is 16.7 Å². The van der Waals surface area contributed by atoms with Gasteiger partial charge in [-0.2, -0.15) is 0 Å². The number of aromatic amines is 1. The van der Waals surface area contributed by atoms with Crippen molar-refractivity contribution in [3.8, 4) is 11.3 Å². The Labute approximate surface area is 142 Å². The summed E-state index contributed by atoms with van der Waals surface area (Å²) in [6.45, 7) is 8.29. The predicted octanol–water partition coefficient (Wildman–Crippen LogP) is 3.53. The Balaban J connectivity index is 1.69. The van der Waals surface area contributed by atoms with Gasteiger partial charge in [0.25, 0.3) is 0 Å². The van der Waals surface area contributed by atoms with Crippen LogP contribution in [-0.4, -0.2) is 28.3 Å². The molecule has 2 heterocycles. The molecule has 3 aromatic rings. The van der Waals surface area contributed by atoms with E-state index in [1.54, 1.807) is 6.33 Å². The molecule has 1 N–H and O–H groups in total. The monoisotopic (exact) mass is 320 g/mol. The van der Waals surface area contributed by atoms with E-state index in [1.165, 1.54) is 10.8 Å². The van der Waals surface area contributed by atoms with Crippen LogP contribution in [-0.2, 0) is 9.31 Å². The number of aromatic nitrogens is 2. The fourth-order valence-corrected chi connectivity index (χ4v) is 2.97. The van der Waals surface area contributed by atoms with Crippen molar-refractivity contribution in [3.05, 3.63) is 48.9 Å². The smallest absolute Gasteiger partial charge is 0.399 e. The van der Waals surface area contributed by atoms with E-state index < -0.39 is 0 Å². The molecule has 0 amide bonds. The molecule has 0 spiro atoms. The fraction of sp³-hybridized carbons (Fsp3) is 0.316. The molecule has 1 aliphatic rings. The second-order valence-electron chi connectivity index (χ2n) is 7.36. The predicted molar refractivity (Wildman–Crippen MR) is 97.2 cm³/mol. The van der Waals surface area contributed by atoms with Crippen LogP contribution in [0, 0.1) is 0 Å². The molecule has 24 heavy (non-hydrogen) atoms. The van der Waals surface area contributed by atoms with Gasteiger partial charge in [-0.15, -0.1) is 0 Å². The lowest BCUT2D eigenvalue weighted by atomic mass is 9.78. The standard InChI is InChI=1S/C19H21BN2O2/c1-18(2)19(3,4)24-20(23-18)16-8-7-13-9-15(6-5-14(13)10-16)17-11-21-12-22-17/h5-12H,1-4H3,(H,21,22). The van der Waals surface area contributed by atoms with Gasteiger partial charge in [-0.05, 0) is 50.0 Å². The van der Waals surface area contributed by atoms with Gasteiger partial charge in [-0.25, -0.2) is 4.98 Å². The van der Waals surface area contributed by atoms with Gasteiger partial charge in [0.2, 0.25) is 0 Å². The number of rotatable bonds is 2. The molecule has 1 saturated heterocycles. The van der Waals surface area contributed by atoms with Gasteiger partial charge in [0.1, 0.15) is 0 Å². The third kappa shape index (κ3) is 2.45. The summed E-state index contributed by atoms with van der Waals surface area (Å²) in [7, 11) is -0.328. The van der Waals surface area contributed by atoms with Gasteiger partial charge < -0.3 is 14.3 Å². The first-order valence-electron chi connectivity index (χ1n) is 8.24. The molecule has 5 heteroatoms. The van der Waals surface area contributed by atoms with Crippen molar-refractivity contribution < 1.29 is 9.31 Å². The first kappa shape index (κ1) is 15.4. The average molecular weight is 320 g/mol. The molecule has 0 unspecified atom stereocenters. The van der Waals surface area contributed by atoms with Gasteiger partial charge in [0, 0.05) is 11.8 Å². The quantitative estimate of drug-likeness (QED) is 0.735. The molecular weight excluding hydrogens is 299 g/mol. The zero-order valence-electron chi connectivity index (χ0n) is 14.5. The highest BCUT2D eigenvalue weighted by Crippen LogP contribution is 2.36. The zero-order chi connectivity index (χ0) is 16.9. The number of benzene rings is 2. The summed E-state index contributed by atoms with van der Waals surface area (Å²) in [6, 6.07) is 12.7. The van der Waals surface area contributed by atoms with Crippen LogP contribution in [0.4, 0.5) is 0 Å². The van der Waals surface area contributed by atoms with Crippen LogP contribution in [0.3, 0.4) is 0 Å². The molecular formula is C19H21BN2O2. The van der Waals surface area contributed by atoms with E-state index >= 15 is 0 Å². The largest absolute Gasteiger partial charge is 0.494 e. The van der Waals surface area contributed by atoms with E-state index in [-0.39, 0.29) is 18.3 Å². The van der Waals surface area contributed by atoms with E-state index in [4.69, 9.17) is 9.31 Å². The SMILES string of the molecule is CC1(C)OB(c2ccc3cc(-c4c[nH]cn4)ccc3c2)OC1(C)C. The van der Waals surface area contributed by atoms with Crippen molar-refractivity contribution in [2.24, 2.45) is 0 Å². The summed E-state index contributed by atoms with van der Waals surface area (Å²) in [5.41, 5.74) is 2.46. The number of nitrogens with zero attached hydrogens (tertiary/aromatic N) is 1. The Morgan fingerprint density at radius 3 is 2.25 bits per heavy atom. The summed E-state index contributed by atoms with van der Waals surface area (Å²) < 4.78 is 12.3. The first-order valence-corrected chi connectivity index (χ1v) is 8.24.